The summed E-state index contributed by atoms with van der Waals surface area (Å²) >= 11 is 0. The Kier molecular flexibility index (Phi) is 5.16. The molecular weight excluding hydrogens is 218 g/mol. The van der Waals surface area contributed by atoms with E-state index in [1.165, 1.54) is 0 Å². The van der Waals surface area contributed by atoms with Crippen LogP contribution in [0.4, 0.5) is 0 Å². The van der Waals surface area contributed by atoms with Crippen LogP contribution in [-0.4, -0.2) is 15.2 Å². The molecule has 0 radical (unpaired) electrons. The molecule has 0 aliphatic carbocycles. The largest absolute Gasteiger partial charge is 0.323 e. The molecule has 90 valence electrons. The average molecular weight is 239 g/mol. The minimum atomic E-state index is -0.850. The fourth-order valence-electron chi connectivity index (χ4n) is 1.94. The summed E-state index contributed by atoms with van der Waals surface area (Å²) in [5.41, 5.74) is 7.30. The molecule has 3 heteroatoms. The quantitative estimate of drug-likeness (QED) is 0.858. The van der Waals surface area contributed by atoms with Crippen LogP contribution in [0.25, 0.3) is 0 Å². The number of hydrogen-bond donors (Lipinski definition) is 1. The fourth-order valence-corrected chi connectivity index (χ4v) is 3.42. The molecule has 1 aromatic rings. The van der Waals surface area contributed by atoms with E-state index in [-0.39, 0.29) is 11.3 Å². The van der Waals surface area contributed by atoms with E-state index in [0.29, 0.717) is 11.7 Å². The Morgan fingerprint density at radius 1 is 1.25 bits per heavy atom. The molecule has 0 bridgehead atoms. The highest BCUT2D eigenvalue weighted by atomic mass is 32.2. The van der Waals surface area contributed by atoms with Gasteiger partial charge in [-0.05, 0) is 11.5 Å². The van der Waals surface area contributed by atoms with Crippen LogP contribution in [0, 0.1) is 5.92 Å². The molecule has 0 saturated carbocycles. The van der Waals surface area contributed by atoms with E-state index in [4.69, 9.17) is 5.73 Å². The second-order valence-electron chi connectivity index (χ2n) is 4.31. The van der Waals surface area contributed by atoms with E-state index in [1.54, 1.807) is 0 Å². The summed E-state index contributed by atoms with van der Waals surface area (Å²) in [4.78, 5) is 0. The van der Waals surface area contributed by atoms with Crippen LogP contribution in [0.2, 0.25) is 0 Å². The lowest BCUT2D eigenvalue weighted by atomic mass is 9.97. The SMILES string of the molecule is CCS(=O)C(C(C)C)C(N)c1ccccc1. The fraction of sp³-hybridized carbons (Fsp3) is 0.538. The van der Waals surface area contributed by atoms with Gasteiger partial charge in [0.1, 0.15) is 0 Å². The first-order valence-electron chi connectivity index (χ1n) is 5.75. The summed E-state index contributed by atoms with van der Waals surface area (Å²) in [5, 5.41) is 0.0346. The maximum atomic E-state index is 12.0. The zero-order chi connectivity index (χ0) is 12.1. The summed E-state index contributed by atoms with van der Waals surface area (Å²) in [7, 11) is -0.850. The molecule has 1 rings (SSSR count). The van der Waals surface area contributed by atoms with E-state index < -0.39 is 10.8 Å². The van der Waals surface area contributed by atoms with Gasteiger partial charge in [-0.1, -0.05) is 51.1 Å². The molecule has 1 aromatic carbocycles. The Morgan fingerprint density at radius 2 is 1.81 bits per heavy atom. The van der Waals surface area contributed by atoms with Gasteiger partial charge in [-0.3, -0.25) is 4.21 Å². The highest BCUT2D eigenvalue weighted by Gasteiger charge is 2.27. The van der Waals surface area contributed by atoms with Gasteiger partial charge in [-0.15, -0.1) is 0 Å². The van der Waals surface area contributed by atoms with Crippen LogP contribution in [0.1, 0.15) is 32.4 Å². The molecule has 0 amide bonds. The molecule has 16 heavy (non-hydrogen) atoms. The third-order valence-corrected chi connectivity index (χ3v) is 4.80. The Labute approximate surface area is 101 Å². The van der Waals surface area contributed by atoms with Crippen molar-refractivity contribution in [2.45, 2.75) is 32.1 Å². The molecule has 2 nitrogen and oxygen atoms in total. The van der Waals surface area contributed by atoms with Crippen molar-refractivity contribution in [2.75, 3.05) is 5.75 Å². The third kappa shape index (κ3) is 3.16. The summed E-state index contributed by atoms with van der Waals surface area (Å²) in [6.45, 7) is 6.12. The van der Waals surface area contributed by atoms with Crippen molar-refractivity contribution in [3.63, 3.8) is 0 Å². The Morgan fingerprint density at radius 3 is 2.25 bits per heavy atom. The molecule has 0 aliphatic heterocycles. The van der Waals surface area contributed by atoms with Crippen LogP contribution in [0.5, 0.6) is 0 Å². The second kappa shape index (κ2) is 6.16. The van der Waals surface area contributed by atoms with Crippen molar-refractivity contribution >= 4 is 10.8 Å². The van der Waals surface area contributed by atoms with Gasteiger partial charge in [-0.25, -0.2) is 0 Å². The lowest BCUT2D eigenvalue weighted by Gasteiger charge is -2.26. The standard InChI is InChI=1S/C13H21NOS/c1-4-16(15)13(10(2)3)12(14)11-8-6-5-7-9-11/h5-10,12-13H,4,14H2,1-3H3. The van der Waals surface area contributed by atoms with Crippen molar-refractivity contribution in [3.8, 4) is 0 Å². The highest BCUT2D eigenvalue weighted by molar-refractivity contribution is 7.85. The van der Waals surface area contributed by atoms with Crippen LogP contribution in [0.15, 0.2) is 30.3 Å². The summed E-state index contributed by atoms with van der Waals surface area (Å²) in [5.74, 6) is 1.000. The lowest BCUT2D eigenvalue weighted by Crippen LogP contribution is -2.35. The van der Waals surface area contributed by atoms with Gasteiger partial charge in [0.2, 0.25) is 0 Å². The predicted octanol–water partition coefficient (Wildman–Crippen LogP) is 2.48. The maximum Gasteiger partial charge on any atom is 0.0563 e. The number of benzene rings is 1. The average Bonchev–Trinajstić information content (AvgIpc) is 2.29. The first-order valence-corrected chi connectivity index (χ1v) is 7.13. The first-order chi connectivity index (χ1) is 7.57. The molecule has 0 aliphatic rings. The molecule has 3 unspecified atom stereocenters. The third-order valence-electron chi connectivity index (χ3n) is 2.78. The van der Waals surface area contributed by atoms with Crippen molar-refractivity contribution in [2.24, 2.45) is 11.7 Å². The molecule has 0 saturated heterocycles. The van der Waals surface area contributed by atoms with Crippen molar-refractivity contribution in [1.29, 1.82) is 0 Å². The van der Waals surface area contributed by atoms with E-state index in [0.717, 1.165) is 5.56 Å². The maximum absolute atomic E-state index is 12.0. The molecule has 2 N–H and O–H groups in total. The lowest BCUT2D eigenvalue weighted by molar-refractivity contribution is 0.510. The van der Waals surface area contributed by atoms with Gasteiger partial charge < -0.3 is 5.73 Å². The first kappa shape index (κ1) is 13.4. The van der Waals surface area contributed by atoms with Crippen molar-refractivity contribution < 1.29 is 4.21 Å². The van der Waals surface area contributed by atoms with Crippen LogP contribution in [-0.2, 0) is 10.8 Å². The molecule has 3 atom stereocenters. The van der Waals surface area contributed by atoms with Gasteiger partial charge in [0.15, 0.2) is 0 Å². The van der Waals surface area contributed by atoms with E-state index in [9.17, 15) is 4.21 Å². The second-order valence-corrected chi connectivity index (χ2v) is 6.20. The van der Waals surface area contributed by atoms with Crippen LogP contribution >= 0.6 is 0 Å². The molecule has 0 fully saturated rings. The minimum absolute atomic E-state index is 0.0346. The van der Waals surface area contributed by atoms with Gasteiger partial charge in [0, 0.05) is 22.6 Å². The zero-order valence-electron chi connectivity index (χ0n) is 10.2. The van der Waals surface area contributed by atoms with Crippen LogP contribution in [0.3, 0.4) is 0 Å². The van der Waals surface area contributed by atoms with Gasteiger partial charge in [0.25, 0.3) is 0 Å². The Bertz CT molecular complexity index is 337. The normalized spacial score (nSPS) is 17.1. The topological polar surface area (TPSA) is 43.1 Å². The number of nitrogens with two attached hydrogens (primary N) is 1. The molecule has 0 spiro atoms. The summed E-state index contributed by atoms with van der Waals surface area (Å²) in [6, 6.07) is 9.79. The van der Waals surface area contributed by atoms with E-state index in [1.807, 2.05) is 37.3 Å². The van der Waals surface area contributed by atoms with Crippen molar-refractivity contribution in [3.05, 3.63) is 35.9 Å². The molecular formula is C13H21NOS. The zero-order valence-corrected chi connectivity index (χ0v) is 11.0. The van der Waals surface area contributed by atoms with Crippen molar-refractivity contribution in [1.82, 2.24) is 0 Å². The summed E-state index contributed by atoms with van der Waals surface area (Å²) < 4.78 is 12.0. The number of rotatable bonds is 5. The predicted molar refractivity (Wildman–Crippen MR) is 70.7 cm³/mol. The Balaban J connectivity index is 2.92. The highest BCUT2D eigenvalue weighted by Crippen LogP contribution is 2.24. The Hall–Kier alpha value is -0.670. The number of hydrogen-bond acceptors (Lipinski definition) is 2. The van der Waals surface area contributed by atoms with E-state index >= 15 is 0 Å². The van der Waals surface area contributed by atoms with E-state index in [2.05, 4.69) is 13.8 Å². The van der Waals surface area contributed by atoms with Gasteiger partial charge in [0.05, 0.1) is 5.25 Å². The molecule has 0 heterocycles. The molecule has 0 aromatic heterocycles. The summed E-state index contributed by atoms with van der Waals surface area (Å²) in [6.07, 6.45) is 0. The smallest absolute Gasteiger partial charge is 0.0563 e. The minimum Gasteiger partial charge on any atom is -0.323 e. The monoisotopic (exact) mass is 239 g/mol. The van der Waals surface area contributed by atoms with Crippen LogP contribution < -0.4 is 5.73 Å². The van der Waals surface area contributed by atoms with Gasteiger partial charge >= 0.3 is 0 Å². The van der Waals surface area contributed by atoms with Gasteiger partial charge in [-0.2, -0.15) is 0 Å².